The quantitative estimate of drug-likeness (QED) is 0.615. The molecule has 0 saturated heterocycles. The van der Waals surface area contributed by atoms with Gasteiger partial charge in [0.15, 0.2) is 0 Å². The van der Waals surface area contributed by atoms with Crippen LogP contribution in [0.4, 0.5) is 0 Å². The highest BCUT2D eigenvalue weighted by Crippen LogP contribution is 2.26. The standard InChI is InChI=1S/C15H20N2S2/c1-3-16-10-9-13-11-19-15(17-13)12-5-7-14(8-6-12)18-4-2/h5-8,11,16H,3-4,9-10H2,1-2H3. The number of nitrogens with one attached hydrogen (secondary N) is 1. The molecule has 0 radical (unpaired) electrons. The third kappa shape index (κ3) is 4.34. The van der Waals surface area contributed by atoms with Crippen LogP contribution in [0.5, 0.6) is 0 Å². The first-order valence-corrected chi connectivity index (χ1v) is 8.58. The summed E-state index contributed by atoms with van der Waals surface area (Å²) < 4.78 is 0. The van der Waals surface area contributed by atoms with E-state index in [0.29, 0.717) is 0 Å². The molecule has 1 heterocycles. The average Bonchev–Trinajstić information content (AvgIpc) is 2.89. The molecule has 102 valence electrons. The molecule has 0 spiro atoms. The Morgan fingerprint density at radius 1 is 1.21 bits per heavy atom. The van der Waals surface area contributed by atoms with Gasteiger partial charge in [0, 0.05) is 28.8 Å². The maximum absolute atomic E-state index is 4.70. The Balaban J connectivity index is 2.01. The van der Waals surface area contributed by atoms with Crippen LogP contribution in [0.3, 0.4) is 0 Å². The van der Waals surface area contributed by atoms with Crippen molar-refractivity contribution >= 4 is 23.1 Å². The van der Waals surface area contributed by atoms with Crippen molar-refractivity contribution in [2.75, 3.05) is 18.8 Å². The van der Waals surface area contributed by atoms with Gasteiger partial charge in [-0.3, -0.25) is 0 Å². The summed E-state index contributed by atoms with van der Waals surface area (Å²) in [6.07, 6.45) is 1.01. The van der Waals surface area contributed by atoms with Crippen LogP contribution in [0.2, 0.25) is 0 Å². The van der Waals surface area contributed by atoms with E-state index in [9.17, 15) is 0 Å². The number of benzene rings is 1. The molecule has 0 aliphatic heterocycles. The summed E-state index contributed by atoms with van der Waals surface area (Å²) in [6.45, 7) is 6.33. The molecular weight excluding hydrogens is 272 g/mol. The van der Waals surface area contributed by atoms with Crippen molar-refractivity contribution in [2.24, 2.45) is 0 Å². The van der Waals surface area contributed by atoms with Gasteiger partial charge in [-0.15, -0.1) is 23.1 Å². The summed E-state index contributed by atoms with van der Waals surface area (Å²) in [5, 5.41) is 6.62. The molecule has 2 nitrogen and oxygen atoms in total. The fraction of sp³-hybridized carbons (Fsp3) is 0.400. The third-order valence-corrected chi connectivity index (χ3v) is 4.61. The molecule has 0 atom stereocenters. The molecule has 19 heavy (non-hydrogen) atoms. The Hall–Kier alpha value is -0.840. The van der Waals surface area contributed by atoms with E-state index in [1.165, 1.54) is 16.2 Å². The smallest absolute Gasteiger partial charge is 0.123 e. The Kier molecular flexibility index (Phi) is 5.89. The summed E-state index contributed by atoms with van der Waals surface area (Å²) in [6, 6.07) is 8.71. The maximum Gasteiger partial charge on any atom is 0.123 e. The molecule has 0 bridgehead atoms. The second kappa shape index (κ2) is 7.68. The van der Waals surface area contributed by atoms with Crippen LogP contribution in [-0.2, 0) is 6.42 Å². The van der Waals surface area contributed by atoms with E-state index in [4.69, 9.17) is 4.98 Å². The van der Waals surface area contributed by atoms with Crippen LogP contribution in [0, 0.1) is 0 Å². The summed E-state index contributed by atoms with van der Waals surface area (Å²) in [7, 11) is 0. The largest absolute Gasteiger partial charge is 0.317 e. The average molecular weight is 292 g/mol. The summed E-state index contributed by atoms with van der Waals surface area (Å²) in [4.78, 5) is 6.03. The van der Waals surface area contributed by atoms with E-state index in [2.05, 4.69) is 48.8 Å². The first-order valence-electron chi connectivity index (χ1n) is 6.71. The monoisotopic (exact) mass is 292 g/mol. The lowest BCUT2D eigenvalue weighted by Crippen LogP contribution is -2.16. The van der Waals surface area contributed by atoms with Crippen LogP contribution < -0.4 is 5.32 Å². The third-order valence-electron chi connectivity index (χ3n) is 2.77. The van der Waals surface area contributed by atoms with Crippen molar-refractivity contribution in [3.8, 4) is 10.6 Å². The Morgan fingerprint density at radius 2 is 2.00 bits per heavy atom. The van der Waals surface area contributed by atoms with Crippen LogP contribution >= 0.6 is 23.1 Å². The van der Waals surface area contributed by atoms with Crippen molar-refractivity contribution in [1.29, 1.82) is 0 Å². The number of rotatable bonds is 7. The van der Waals surface area contributed by atoms with Gasteiger partial charge in [-0.1, -0.05) is 26.0 Å². The summed E-state index contributed by atoms with van der Waals surface area (Å²) in [5.74, 6) is 1.12. The first-order chi connectivity index (χ1) is 9.33. The number of hydrogen-bond donors (Lipinski definition) is 1. The SMILES string of the molecule is CCNCCc1csc(-c2ccc(SCC)cc2)n1. The van der Waals surface area contributed by atoms with Gasteiger partial charge < -0.3 is 5.32 Å². The number of likely N-dealkylation sites (N-methyl/N-ethyl adjacent to an activating group) is 1. The van der Waals surface area contributed by atoms with E-state index >= 15 is 0 Å². The van der Waals surface area contributed by atoms with Gasteiger partial charge in [-0.2, -0.15) is 0 Å². The second-order valence-corrected chi connectivity index (χ2v) is 6.40. The molecule has 0 unspecified atom stereocenters. The molecule has 1 aromatic carbocycles. The van der Waals surface area contributed by atoms with Crippen molar-refractivity contribution in [2.45, 2.75) is 25.2 Å². The van der Waals surface area contributed by atoms with E-state index < -0.39 is 0 Å². The number of thiazole rings is 1. The lowest BCUT2D eigenvalue weighted by atomic mass is 10.2. The zero-order chi connectivity index (χ0) is 13.5. The predicted octanol–water partition coefficient (Wildman–Crippen LogP) is 4.07. The van der Waals surface area contributed by atoms with Gasteiger partial charge in [0.25, 0.3) is 0 Å². The molecule has 2 rings (SSSR count). The molecule has 0 aliphatic rings. The molecule has 2 aromatic rings. The van der Waals surface area contributed by atoms with E-state index in [1.807, 2.05) is 11.8 Å². The van der Waals surface area contributed by atoms with Crippen LogP contribution in [-0.4, -0.2) is 23.8 Å². The normalized spacial score (nSPS) is 10.8. The van der Waals surface area contributed by atoms with Gasteiger partial charge in [0.2, 0.25) is 0 Å². The van der Waals surface area contributed by atoms with Crippen molar-refractivity contribution in [3.63, 3.8) is 0 Å². The van der Waals surface area contributed by atoms with Crippen molar-refractivity contribution < 1.29 is 0 Å². The summed E-state index contributed by atoms with van der Waals surface area (Å²) in [5.41, 5.74) is 2.41. The fourth-order valence-electron chi connectivity index (χ4n) is 1.81. The Bertz CT molecular complexity index is 491. The van der Waals surface area contributed by atoms with Crippen molar-refractivity contribution in [1.82, 2.24) is 10.3 Å². The first kappa shape index (κ1) is 14.6. The zero-order valence-corrected chi connectivity index (χ0v) is 13.1. The molecule has 0 fully saturated rings. The van der Waals surface area contributed by atoms with Crippen LogP contribution in [0.15, 0.2) is 34.5 Å². The highest BCUT2D eigenvalue weighted by atomic mass is 32.2. The van der Waals surface area contributed by atoms with E-state index in [0.717, 1.165) is 30.3 Å². The molecular formula is C15H20N2S2. The minimum atomic E-state index is 1.01. The molecule has 0 saturated carbocycles. The number of hydrogen-bond acceptors (Lipinski definition) is 4. The fourth-order valence-corrected chi connectivity index (χ4v) is 3.33. The molecule has 4 heteroatoms. The molecule has 1 aromatic heterocycles. The lowest BCUT2D eigenvalue weighted by molar-refractivity contribution is 0.710. The second-order valence-electron chi connectivity index (χ2n) is 4.20. The minimum absolute atomic E-state index is 1.01. The number of thioether (sulfide) groups is 1. The van der Waals surface area contributed by atoms with Crippen LogP contribution in [0.1, 0.15) is 19.5 Å². The van der Waals surface area contributed by atoms with Gasteiger partial charge in [-0.05, 0) is 24.4 Å². The maximum atomic E-state index is 4.70. The zero-order valence-electron chi connectivity index (χ0n) is 11.5. The molecule has 0 amide bonds. The van der Waals surface area contributed by atoms with Crippen LogP contribution in [0.25, 0.3) is 10.6 Å². The van der Waals surface area contributed by atoms with Gasteiger partial charge in [0.05, 0.1) is 5.69 Å². The Labute approximate surface area is 123 Å². The molecule has 1 N–H and O–H groups in total. The highest BCUT2D eigenvalue weighted by molar-refractivity contribution is 7.99. The van der Waals surface area contributed by atoms with E-state index in [1.54, 1.807) is 11.3 Å². The lowest BCUT2D eigenvalue weighted by Gasteiger charge is -2.00. The molecule has 0 aliphatic carbocycles. The van der Waals surface area contributed by atoms with E-state index in [-0.39, 0.29) is 0 Å². The Morgan fingerprint density at radius 3 is 2.68 bits per heavy atom. The number of nitrogens with zero attached hydrogens (tertiary/aromatic N) is 1. The summed E-state index contributed by atoms with van der Waals surface area (Å²) >= 11 is 3.61. The van der Waals surface area contributed by atoms with Gasteiger partial charge >= 0.3 is 0 Å². The highest BCUT2D eigenvalue weighted by Gasteiger charge is 2.04. The van der Waals surface area contributed by atoms with Crippen molar-refractivity contribution in [3.05, 3.63) is 35.3 Å². The minimum Gasteiger partial charge on any atom is -0.317 e. The topological polar surface area (TPSA) is 24.9 Å². The van der Waals surface area contributed by atoms with Gasteiger partial charge in [-0.25, -0.2) is 4.98 Å². The number of aromatic nitrogens is 1. The predicted molar refractivity (Wildman–Crippen MR) is 86.2 cm³/mol. The van der Waals surface area contributed by atoms with Gasteiger partial charge in [0.1, 0.15) is 5.01 Å².